The van der Waals surface area contributed by atoms with Crippen molar-refractivity contribution in [2.75, 3.05) is 19.0 Å². The van der Waals surface area contributed by atoms with Crippen molar-refractivity contribution < 1.29 is 14.7 Å². The van der Waals surface area contributed by atoms with Gasteiger partial charge in [-0.25, -0.2) is 4.79 Å². The Bertz CT molecular complexity index is 476. The van der Waals surface area contributed by atoms with E-state index in [1.807, 2.05) is 31.1 Å². The standard InChI is InChI=1S/C13H16N2O3/c1-9(16)14-12(13(17)18)8-10-4-6-11(7-5-10)15(2)3/h4-8H,1-3H3,(H,14,16)(H,17,18)/b12-8+. The predicted octanol–water partition coefficient (Wildman–Crippen LogP) is 1.31. The van der Waals surface area contributed by atoms with Crippen molar-refractivity contribution in [3.05, 3.63) is 35.5 Å². The quantitative estimate of drug-likeness (QED) is 0.788. The number of benzene rings is 1. The second-order valence-corrected chi connectivity index (χ2v) is 4.03. The molecule has 5 nitrogen and oxygen atoms in total. The number of amides is 1. The lowest BCUT2D eigenvalue weighted by atomic mass is 10.1. The number of carboxylic acid groups (broad SMARTS) is 1. The third kappa shape index (κ3) is 3.93. The average Bonchev–Trinajstić information content (AvgIpc) is 2.28. The lowest BCUT2D eigenvalue weighted by molar-refractivity contribution is -0.134. The van der Waals surface area contributed by atoms with Gasteiger partial charge < -0.3 is 15.3 Å². The average molecular weight is 248 g/mol. The van der Waals surface area contributed by atoms with Crippen LogP contribution in [0.2, 0.25) is 0 Å². The van der Waals surface area contributed by atoms with Crippen molar-refractivity contribution in [2.45, 2.75) is 6.92 Å². The molecular formula is C13H16N2O3. The van der Waals surface area contributed by atoms with Gasteiger partial charge in [0, 0.05) is 26.7 Å². The second kappa shape index (κ2) is 5.86. The van der Waals surface area contributed by atoms with Gasteiger partial charge in [-0.2, -0.15) is 0 Å². The summed E-state index contributed by atoms with van der Waals surface area (Å²) in [5, 5.41) is 11.2. The van der Waals surface area contributed by atoms with E-state index >= 15 is 0 Å². The number of aliphatic carboxylic acids is 1. The smallest absolute Gasteiger partial charge is 0.352 e. The summed E-state index contributed by atoms with van der Waals surface area (Å²) in [7, 11) is 3.84. The van der Waals surface area contributed by atoms with Gasteiger partial charge >= 0.3 is 5.97 Å². The molecule has 0 atom stereocenters. The first-order valence-electron chi connectivity index (χ1n) is 5.40. The molecule has 0 spiro atoms. The summed E-state index contributed by atoms with van der Waals surface area (Å²) in [5.41, 5.74) is 1.59. The monoisotopic (exact) mass is 248 g/mol. The van der Waals surface area contributed by atoms with Crippen LogP contribution in [0.3, 0.4) is 0 Å². The zero-order chi connectivity index (χ0) is 13.7. The molecule has 0 aliphatic heterocycles. The Balaban J connectivity index is 2.97. The summed E-state index contributed by atoms with van der Waals surface area (Å²) in [5.74, 6) is -1.57. The molecule has 0 heterocycles. The molecule has 0 unspecified atom stereocenters. The van der Waals surface area contributed by atoms with Crippen molar-refractivity contribution >= 4 is 23.6 Å². The summed E-state index contributed by atoms with van der Waals surface area (Å²) in [6, 6.07) is 7.33. The largest absolute Gasteiger partial charge is 0.477 e. The summed E-state index contributed by atoms with van der Waals surface area (Å²) in [6.45, 7) is 1.27. The highest BCUT2D eigenvalue weighted by molar-refractivity contribution is 5.96. The molecular weight excluding hydrogens is 232 g/mol. The molecule has 5 heteroatoms. The van der Waals surface area contributed by atoms with Crippen LogP contribution in [0.4, 0.5) is 5.69 Å². The van der Waals surface area contributed by atoms with Crippen LogP contribution in [-0.4, -0.2) is 31.1 Å². The molecule has 1 amide bonds. The molecule has 2 N–H and O–H groups in total. The summed E-state index contributed by atoms with van der Waals surface area (Å²) in [6.07, 6.45) is 1.42. The lowest BCUT2D eigenvalue weighted by Gasteiger charge is -2.12. The molecule has 0 radical (unpaired) electrons. The molecule has 1 aromatic carbocycles. The molecule has 0 bridgehead atoms. The minimum Gasteiger partial charge on any atom is -0.477 e. The third-order valence-corrected chi connectivity index (χ3v) is 2.26. The Morgan fingerprint density at radius 1 is 1.22 bits per heavy atom. The number of nitrogens with zero attached hydrogens (tertiary/aromatic N) is 1. The van der Waals surface area contributed by atoms with E-state index in [4.69, 9.17) is 5.11 Å². The number of carbonyl (C=O) groups excluding carboxylic acids is 1. The van der Waals surface area contributed by atoms with Gasteiger partial charge in [0.05, 0.1) is 0 Å². The van der Waals surface area contributed by atoms with Gasteiger partial charge in [0.1, 0.15) is 5.70 Å². The number of anilines is 1. The summed E-state index contributed by atoms with van der Waals surface area (Å²) in [4.78, 5) is 23.7. The lowest BCUT2D eigenvalue weighted by Crippen LogP contribution is -2.24. The number of carbonyl (C=O) groups is 2. The maximum Gasteiger partial charge on any atom is 0.352 e. The van der Waals surface area contributed by atoms with E-state index in [1.165, 1.54) is 13.0 Å². The summed E-state index contributed by atoms with van der Waals surface area (Å²) < 4.78 is 0. The predicted molar refractivity (Wildman–Crippen MR) is 70.2 cm³/mol. The molecule has 0 fully saturated rings. The number of hydrogen-bond acceptors (Lipinski definition) is 3. The minimum atomic E-state index is -1.16. The van der Waals surface area contributed by atoms with E-state index in [1.54, 1.807) is 12.1 Å². The Morgan fingerprint density at radius 3 is 2.17 bits per heavy atom. The van der Waals surface area contributed by atoms with Gasteiger partial charge in [-0.1, -0.05) is 12.1 Å². The second-order valence-electron chi connectivity index (χ2n) is 4.03. The van der Waals surface area contributed by atoms with E-state index < -0.39 is 11.9 Å². The van der Waals surface area contributed by atoms with Crippen LogP contribution in [-0.2, 0) is 9.59 Å². The minimum absolute atomic E-state index is 0.139. The summed E-state index contributed by atoms with van der Waals surface area (Å²) >= 11 is 0. The highest BCUT2D eigenvalue weighted by Crippen LogP contribution is 2.14. The fourth-order valence-electron chi connectivity index (χ4n) is 1.38. The van der Waals surface area contributed by atoms with E-state index in [0.29, 0.717) is 5.56 Å². The van der Waals surface area contributed by atoms with Crippen molar-refractivity contribution in [2.24, 2.45) is 0 Å². The SMILES string of the molecule is CC(=O)N/C(=C/c1ccc(N(C)C)cc1)C(=O)O. The first-order valence-corrected chi connectivity index (χ1v) is 5.40. The molecule has 0 aliphatic carbocycles. The van der Waals surface area contributed by atoms with Crippen LogP contribution in [0.5, 0.6) is 0 Å². The molecule has 0 aliphatic rings. The van der Waals surface area contributed by atoms with Crippen molar-refractivity contribution in [1.29, 1.82) is 0 Å². The van der Waals surface area contributed by atoms with E-state index in [2.05, 4.69) is 5.32 Å². The van der Waals surface area contributed by atoms with Gasteiger partial charge in [-0.3, -0.25) is 4.79 Å². The Kier molecular flexibility index (Phi) is 4.48. The van der Waals surface area contributed by atoms with Crippen molar-refractivity contribution in [3.8, 4) is 0 Å². The number of nitrogens with one attached hydrogen (secondary N) is 1. The zero-order valence-electron chi connectivity index (χ0n) is 10.6. The zero-order valence-corrected chi connectivity index (χ0v) is 10.6. The van der Waals surface area contributed by atoms with Gasteiger partial charge in [0.2, 0.25) is 5.91 Å². The van der Waals surface area contributed by atoms with Gasteiger partial charge in [-0.05, 0) is 23.8 Å². The van der Waals surface area contributed by atoms with Gasteiger partial charge in [0.15, 0.2) is 0 Å². The fourth-order valence-corrected chi connectivity index (χ4v) is 1.38. The number of hydrogen-bond donors (Lipinski definition) is 2. The molecule has 1 rings (SSSR count). The normalized spacial score (nSPS) is 10.9. The van der Waals surface area contributed by atoms with Crippen LogP contribution in [0, 0.1) is 0 Å². The molecule has 1 aromatic rings. The highest BCUT2D eigenvalue weighted by Gasteiger charge is 2.08. The molecule has 0 aromatic heterocycles. The molecule has 96 valence electrons. The van der Waals surface area contributed by atoms with Crippen LogP contribution in [0.25, 0.3) is 6.08 Å². The topological polar surface area (TPSA) is 69.6 Å². The first kappa shape index (κ1) is 13.8. The Labute approximate surface area is 106 Å². The highest BCUT2D eigenvalue weighted by atomic mass is 16.4. The fraction of sp³-hybridized carbons (Fsp3) is 0.231. The Morgan fingerprint density at radius 2 is 1.78 bits per heavy atom. The molecule has 0 saturated carbocycles. The Hall–Kier alpha value is -2.30. The molecule has 18 heavy (non-hydrogen) atoms. The van der Waals surface area contributed by atoms with E-state index in [0.717, 1.165) is 5.69 Å². The molecule has 0 saturated heterocycles. The first-order chi connectivity index (χ1) is 8.40. The van der Waals surface area contributed by atoms with Crippen molar-refractivity contribution in [3.63, 3.8) is 0 Å². The van der Waals surface area contributed by atoms with Gasteiger partial charge in [0.25, 0.3) is 0 Å². The van der Waals surface area contributed by atoms with Crippen LogP contribution in [0.1, 0.15) is 12.5 Å². The maximum atomic E-state index is 10.9. The van der Waals surface area contributed by atoms with Crippen molar-refractivity contribution in [1.82, 2.24) is 5.32 Å². The van der Waals surface area contributed by atoms with Gasteiger partial charge in [-0.15, -0.1) is 0 Å². The number of carboxylic acids is 1. The van der Waals surface area contributed by atoms with Crippen LogP contribution < -0.4 is 10.2 Å². The number of rotatable bonds is 4. The van der Waals surface area contributed by atoms with Crippen LogP contribution >= 0.6 is 0 Å². The van der Waals surface area contributed by atoms with E-state index in [9.17, 15) is 9.59 Å². The maximum absolute atomic E-state index is 10.9. The van der Waals surface area contributed by atoms with E-state index in [-0.39, 0.29) is 5.70 Å². The van der Waals surface area contributed by atoms with Crippen LogP contribution in [0.15, 0.2) is 30.0 Å². The third-order valence-electron chi connectivity index (χ3n) is 2.26.